The molecule has 0 atom stereocenters. The summed E-state index contributed by atoms with van der Waals surface area (Å²) in [5.74, 6) is -1.09. The topological polar surface area (TPSA) is 394 Å². The quantitative estimate of drug-likeness (QED) is 0.00948. The van der Waals surface area contributed by atoms with E-state index in [-0.39, 0.29) is 70.9 Å². The van der Waals surface area contributed by atoms with Crippen LogP contribution in [0.1, 0.15) is 0 Å². The molecular weight excluding hydrogens is 935 g/mol. The lowest BCUT2D eigenvalue weighted by Crippen LogP contribution is -2.15. The minimum atomic E-state index is -4.91. The predicted octanol–water partition coefficient (Wildman–Crippen LogP) is 5.36. The molecule has 0 saturated carbocycles. The first-order valence-electron chi connectivity index (χ1n) is 14.9. The fourth-order valence-electron chi connectivity index (χ4n) is 4.37. The van der Waals surface area contributed by atoms with Crippen LogP contribution in [0.3, 0.4) is 0 Å². The van der Waals surface area contributed by atoms with Gasteiger partial charge >= 0.3 is 20.8 Å². The van der Waals surface area contributed by atoms with Crippen LogP contribution in [0.15, 0.2) is 88.6 Å². The number of nitrogens with zero attached hydrogens (tertiary/aromatic N) is 4. The highest BCUT2D eigenvalue weighted by Crippen LogP contribution is 2.49. The summed E-state index contributed by atoms with van der Waals surface area (Å²) in [5.41, 5.74) is 5.96. The molecule has 0 aliphatic carbocycles. The molecule has 9 N–H and O–H groups in total. The number of phenolic OH excluding ortho intramolecular Hbond substituents is 1. The van der Waals surface area contributed by atoms with Gasteiger partial charge in [0.1, 0.15) is 34.2 Å². The van der Waals surface area contributed by atoms with Crippen LogP contribution in [-0.2, 0) is 62.8 Å². The van der Waals surface area contributed by atoms with Crippen molar-refractivity contribution in [3.05, 3.63) is 48.5 Å². The van der Waals surface area contributed by atoms with Gasteiger partial charge in [0, 0.05) is 28.2 Å². The van der Waals surface area contributed by atoms with Crippen molar-refractivity contribution < 1.29 is 97.1 Å². The largest absolute Gasteiger partial charge is 0.505 e. The van der Waals surface area contributed by atoms with Crippen molar-refractivity contribution in [2.75, 3.05) is 32.3 Å². The van der Waals surface area contributed by atoms with E-state index in [0.29, 0.717) is 29.0 Å². The van der Waals surface area contributed by atoms with E-state index in [9.17, 15) is 30.4 Å². The van der Waals surface area contributed by atoms with Gasteiger partial charge in [0.25, 0.3) is 0 Å². The number of rotatable bonds is 20. The summed E-state index contributed by atoms with van der Waals surface area (Å²) in [4.78, 5) is 3.90. The molecule has 0 bridgehead atoms. The van der Waals surface area contributed by atoms with Crippen LogP contribution in [0.25, 0.3) is 10.8 Å². The number of benzene rings is 4. The standard InChI is InChI=1S/C28H25N5O20S6.H2O/c1-45-21-14-24(54-9-7-47-53-59(42,43)44)22(46-2)13-20(21)31-33-27-25(56-52-50-36)12-17-16(28(27)34)4-5-18(29)26(17)32-30-19-6-3-15(11-23(19)55-51-49-35)57(37,38)10-8-48-58(39,40)41;/h3-6,11-14,34-36H,8,10,29H2,1-2H3,(H,39,40,41)(H,42,43,44);1H2. The fourth-order valence-corrected chi connectivity index (χ4v) is 7.63. The van der Waals surface area contributed by atoms with Crippen molar-refractivity contribution in [2.24, 2.45) is 20.5 Å². The lowest BCUT2D eigenvalue weighted by Gasteiger charge is -2.13. The number of nitrogen functional groups attached to an aromatic ring is 1. The molecule has 60 heavy (non-hydrogen) atoms. The third-order valence-electron chi connectivity index (χ3n) is 6.76. The van der Waals surface area contributed by atoms with Gasteiger partial charge in [-0.15, -0.1) is 29.1 Å². The maximum absolute atomic E-state index is 12.8. The number of aromatic hydroxyl groups is 1. The highest BCUT2D eigenvalue weighted by molar-refractivity contribution is 8.04. The molecule has 0 aliphatic rings. The van der Waals surface area contributed by atoms with Crippen molar-refractivity contribution in [1.29, 1.82) is 0 Å². The third-order valence-corrected chi connectivity index (χ3v) is 11.1. The number of phenols is 1. The third kappa shape index (κ3) is 14.0. The average molecular weight is 962 g/mol. The van der Waals surface area contributed by atoms with Gasteiger partial charge in [-0.3, -0.25) is 14.0 Å². The highest BCUT2D eigenvalue weighted by atomic mass is 32.3. The van der Waals surface area contributed by atoms with E-state index in [1.807, 2.05) is 6.11 Å². The van der Waals surface area contributed by atoms with Crippen molar-refractivity contribution in [3.8, 4) is 28.6 Å². The summed E-state index contributed by atoms with van der Waals surface area (Å²) in [6, 6.07) is 10.2. The number of ether oxygens (including phenoxy) is 2. The van der Waals surface area contributed by atoms with Gasteiger partial charge in [0.2, 0.25) is 0 Å². The van der Waals surface area contributed by atoms with Gasteiger partial charge in [-0.1, -0.05) is 10.1 Å². The molecule has 32 heteroatoms. The molecule has 0 fully saturated rings. The van der Waals surface area contributed by atoms with E-state index >= 15 is 0 Å². The Bertz CT molecular complexity index is 2640. The summed E-state index contributed by atoms with van der Waals surface area (Å²) in [7, 11) is -11.4. The predicted molar refractivity (Wildman–Crippen MR) is 206 cm³/mol. The van der Waals surface area contributed by atoms with E-state index in [0.717, 1.165) is 23.9 Å². The SMILES string of the molecule is COc1cc(SC#COOS(=O)(=O)O)c(OC)cc1N=Nc1c(SOOO)cc2c(N=Nc3ccc(S(=O)(=O)CCOS(=O)(=O)O)cc3SOOO)c(N)ccc2c1O.O. The zero-order valence-corrected chi connectivity index (χ0v) is 34.6. The summed E-state index contributed by atoms with van der Waals surface area (Å²) in [6.45, 7) is -0.903. The molecule has 0 aromatic heterocycles. The summed E-state index contributed by atoms with van der Waals surface area (Å²) < 4.78 is 113. The smallest absolute Gasteiger partial charge is 0.433 e. The number of hydrogen-bond acceptors (Lipinski definition) is 26. The lowest BCUT2D eigenvalue weighted by atomic mass is 10.1. The monoisotopic (exact) mass is 961 g/mol. The van der Waals surface area contributed by atoms with Gasteiger partial charge in [0.15, 0.2) is 21.7 Å². The van der Waals surface area contributed by atoms with Crippen molar-refractivity contribution in [1.82, 2.24) is 0 Å². The van der Waals surface area contributed by atoms with Crippen LogP contribution in [0.4, 0.5) is 28.4 Å². The zero-order chi connectivity index (χ0) is 43.4. The Kier molecular flexibility index (Phi) is 18.5. The number of hydrogen-bond donors (Lipinski definition) is 6. The number of sulfone groups is 1. The van der Waals surface area contributed by atoms with Gasteiger partial charge in [-0.25, -0.2) is 23.1 Å². The molecule has 4 rings (SSSR count). The highest BCUT2D eigenvalue weighted by Gasteiger charge is 2.22. The van der Waals surface area contributed by atoms with Crippen molar-refractivity contribution >= 4 is 106 Å². The first-order valence-corrected chi connectivity index (χ1v) is 21.5. The zero-order valence-electron chi connectivity index (χ0n) is 29.7. The Labute approximate surface area is 350 Å². The second-order valence-corrected chi connectivity index (χ2v) is 16.8. The normalized spacial score (nSPS) is 12.0. The number of anilines is 1. The Balaban J connectivity index is 0.00000961. The first-order chi connectivity index (χ1) is 27.9. The summed E-state index contributed by atoms with van der Waals surface area (Å²) in [5, 5.41) is 55.7. The number of fused-ring (bicyclic) bond motifs is 1. The van der Waals surface area contributed by atoms with Crippen LogP contribution in [0.2, 0.25) is 0 Å². The van der Waals surface area contributed by atoms with E-state index in [2.05, 4.69) is 57.9 Å². The molecule has 0 radical (unpaired) electrons. The lowest BCUT2D eigenvalue weighted by molar-refractivity contribution is -0.432. The maximum atomic E-state index is 12.8. The molecule has 0 amide bonds. The van der Waals surface area contributed by atoms with Gasteiger partial charge < -0.3 is 25.8 Å². The second kappa shape index (κ2) is 22.3. The Morgan fingerprint density at radius 3 is 2.02 bits per heavy atom. The van der Waals surface area contributed by atoms with Crippen LogP contribution in [0, 0.1) is 11.4 Å². The summed E-state index contributed by atoms with van der Waals surface area (Å²) in [6.07, 6.45) is 1.89. The molecule has 0 heterocycles. The molecular formula is C28H27N5O21S6. The van der Waals surface area contributed by atoms with E-state index in [1.165, 1.54) is 50.6 Å². The van der Waals surface area contributed by atoms with Crippen LogP contribution >= 0.6 is 35.8 Å². The summed E-state index contributed by atoms with van der Waals surface area (Å²) >= 11 is 1.47. The molecule has 4 aromatic carbocycles. The minimum absolute atomic E-state index is 0. The second-order valence-electron chi connectivity index (χ2n) is 10.3. The molecule has 0 saturated heterocycles. The minimum Gasteiger partial charge on any atom is -0.505 e. The van der Waals surface area contributed by atoms with E-state index in [4.69, 9.17) is 34.8 Å². The molecule has 4 aromatic rings. The Morgan fingerprint density at radius 1 is 0.733 bits per heavy atom. The Hall–Kier alpha value is -4.64. The number of azo groups is 2. The van der Waals surface area contributed by atoms with Crippen LogP contribution < -0.4 is 15.2 Å². The molecule has 326 valence electrons. The molecule has 26 nitrogen and oxygen atoms in total. The van der Waals surface area contributed by atoms with Crippen molar-refractivity contribution in [3.63, 3.8) is 0 Å². The first kappa shape index (κ1) is 49.7. The average Bonchev–Trinajstić information content (AvgIpc) is 3.17. The Morgan fingerprint density at radius 2 is 1.38 bits per heavy atom. The van der Waals surface area contributed by atoms with E-state index < -0.39 is 48.7 Å². The van der Waals surface area contributed by atoms with Crippen molar-refractivity contribution in [2.45, 2.75) is 19.6 Å². The maximum Gasteiger partial charge on any atom is 0.433 e. The molecule has 0 unspecified atom stereocenters. The fraction of sp³-hybridized carbons (Fsp3) is 0.143. The number of thioether (sulfide) groups is 1. The van der Waals surface area contributed by atoms with Gasteiger partial charge in [0.05, 0.1) is 75.9 Å². The van der Waals surface area contributed by atoms with E-state index in [1.54, 1.807) is 0 Å². The van der Waals surface area contributed by atoms with Gasteiger partial charge in [-0.2, -0.15) is 16.8 Å². The van der Waals surface area contributed by atoms with Crippen LogP contribution in [0.5, 0.6) is 17.2 Å². The molecule has 0 aliphatic heterocycles. The number of nitrogens with two attached hydrogens (primary N) is 1. The van der Waals surface area contributed by atoms with Gasteiger partial charge in [-0.05, 0) is 52.5 Å². The molecule has 0 spiro atoms. The van der Waals surface area contributed by atoms with Crippen LogP contribution in [-0.4, -0.2) is 82.0 Å². The number of methoxy groups -OCH3 is 2.